The summed E-state index contributed by atoms with van der Waals surface area (Å²) in [5.41, 5.74) is 1.81. The molecule has 28 heavy (non-hydrogen) atoms. The van der Waals surface area contributed by atoms with Gasteiger partial charge in [0.15, 0.2) is 17.6 Å². The van der Waals surface area contributed by atoms with Crippen molar-refractivity contribution in [3.63, 3.8) is 0 Å². The van der Waals surface area contributed by atoms with Gasteiger partial charge in [0.2, 0.25) is 11.7 Å². The quantitative estimate of drug-likeness (QED) is 0.490. The van der Waals surface area contributed by atoms with Crippen molar-refractivity contribution >= 4 is 5.52 Å². The Kier molecular flexibility index (Phi) is 3.64. The number of furan rings is 1. The Morgan fingerprint density at radius 1 is 1.32 bits per heavy atom. The molecule has 0 bridgehead atoms. The van der Waals surface area contributed by atoms with Gasteiger partial charge in [0.05, 0.1) is 12.5 Å². The zero-order valence-corrected chi connectivity index (χ0v) is 14.9. The van der Waals surface area contributed by atoms with Crippen LogP contribution < -0.4 is 4.74 Å². The van der Waals surface area contributed by atoms with Gasteiger partial charge >= 0.3 is 0 Å². The normalized spacial score (nSPS) is 12.5. The van der Waals surface area contributed by atoms with E-state index in [4.69, 9.17) is 13.7 Å². The molecule has 1 atom stereocenters. The third-order valence-corrected chi connectivity index (χ3v) is 4.15. The highest BCUT2D eigenvalue weighted by Gasteiger charge is 2.24. The zero-order chi connectivity index (χ0) is 19.1. The molecule has 5 rings (SSSR count). The van der Waals surface area contributed by atoms with Crippen LogP contribution >= 0.6 is 0 Å². The molecular formula is C17H14N8O3. The van der Waals surface area contributed by atoms with E-state index in [2.05, 4.69) is 35.6 Å². The van der Waals surface area contributed by atoms with Crippen molar-refractivity contribution in [2.24, 2.45) is 0 Å². The maximum absolute atomic E-state index is 6.07. The first-order valence-corrected chi connectivity index (χ1v) is 8.44. The smallest absolute Gasteiger partial charge is 0.245 e. The Balaban J connectivity index is 1.69. The summed E-state index contributed by atoms with van der Waals surface area (Å²) in [6.45, 7) is 3.64. The lowest BCUT2D eigenvalue weighted by Gasteiger charge is -2.10. The molecule has 0 aliphatic heterocycles. The minimum atomic E-state index is -0.417. The molecule has 0 saturated heterocycles. The van der Waals surface area contributed by atoms with Gasteiger partial charge in [0.1, 0.15) is 28.9 Å². The summed E-state index contributed by atoms with van der Waals surface area (Å²) in [4.78, 5) is 4.13. The molecule has 0 spiro atoms. The maximum Gasteiger partial charge on any atom is 0.245 e. The van der Waals surface area contributed by atoms with Crippen LogP contribution in [0.3, 0.4) is 0 Å². The van der Waals surface area contributed by atoms with Crippen molar-refractivity contribution in [3.8, 4) is 28.7 Å². The number of nitrogens with zero attached hydrogens (tertiary/aromatic N) is 7. The summed E-state index contributed by atoms with van der Waals surface area (Å²) in [5.74, 6) is 2.58. The number of aryl methyl sites for hydroxylation is 1. The summed E-state index contributed by atoms with van der Waals surface area (Å²) in [6, 6.07) is 5.37. The third kappa shape index (κ3) is 2.60. The predicted octanol–water partition coefficient (Wildman–Crippen LogP) is 2.61. The Labute approximate surface area is 157 Å². The lowest BCUT2D eigenvalue weighted by Crippen LogP contribution is -2.06. The summed E-state index contributed by atoms with van der Waals surface area (Å²) < 4.78 is 18.4. The molecule has 0 aromatic carbocycles. The van der Waals surface area contributed by atoms with Gasteiger partial charge in [-0.1, -0.05) is 5.16 Å². The van der Waals surface area contributed by atoms with Crippen LogP contribution in [0, 0.1) is 6.92 Å². The molecule has 0 saturated carbocycles. The highest BCUT2D eigenvalue weighted by atomic mass is 16.5. The SMILES string of the molecule is Cc1cc(-c2nncc3c(-c4ccco4)c(OC(C)c4ncn[nH]4)nn23)no1. The molecule has 5 heterocycles. The largest absolute Gasteiger partial charge is 0.465 e. The summed E-state index contributed by atoms with van der Waals surface area (Å²) in [7, 11) is 0. The summed E-state index contributed by atoms with van der Waals surface area (Å²) in [5, 5.41) is 23.5. The Bertz CT molecular complexity index is 1220. The molecule has 0 radical (unpaired) electrons. The fourth-order valence-corrected chi connectivity index (χ4v) is 2.87. The van der Waals surface area contributed by atoms with Crippen molar-refractivity contribution in [2.75, 3.05) is 0 Å². The molecular weight excluding hydrogens is 364 g/mol. The molecule has 0 fully saturated rings. The lowest BCUT2D eigenvalue weighted by atomic mass is 10.2. The van der Waals surface area contributed by atoms with E-state index >= 15 is 0 Å². The van der Waals surface area contributed by atoms with Crippen LogP contribution in [0.25, 0.3) is 28.4 Å². The molecule has 5 aromatic rings. The molecule has 0 amide bonds. The highest BCUT2D eigenvalue weighted by molar-refractivity contribution is 5.82. The van der Waals surface area contributed by atoms with Gasteiger partial charge in [-0.3, -0.25) is 5.10 Å². The number of aromatic amines is 1. The number of hydrogen-bond acceptors (Lipinski definition) is 9. The molecule has 140 valence electrons. The van der Waals surface area contributed by atoms with Crippen LogP contribution in [0.2, 0.25) is 0 Å². The van der Waals surface area contributed by atoms with E-state index in [0.29, 0.717) is 45.8 Å². The van der Waals surface area contributed by atoms with Crippen molar-refractivity contribution in [1.82, 2.24) is 40.1 Å². The number of H-pyrrole nitrogens is 1. The maximum atomic E-state index is 6.07. The van der Waals surface area contributed by atoms with Crippen LogP contribution in [-0.4, -0.2) is 40.1 Å². The second kappa shape index (κ2) is 6.30. The number of fused-ring (bicyclic) bond motifs is 1. The van der Waals surface area contributed by atoms with Crippen molar-refractivity contribution in [1.29, 1.82) is 0 Å². The number of nitrogens with one attached hydrogen (secondary N) is 1. The average Bonchev–Trinajstić information content (AvgIpc) is 3.47. The number of ether oxygens (including phenoxy) is 1. The second-order valence-electron chi connectivity index (χ2n) is 6.08. The van der Waals surface area contributed by atoms with Gasteiger partial charge in [0.25, 0.3) is 0 Å². The first-order valence-electron chi connectivity index (χ1n) is 8.44. The highest BCUT2D eigenvalue weighted by Crippen LogP contribution is 2.36. The van der Waals surface area contributed by atoms with Gasteiger partial charge in [-0.15, -0.1) is 10.2 Å². The van der Waals surface area contributed by atoms with Crippen LogP contribution in [0.1, 0.15) is 24.6 Å². The molecule has 11 heteroatoms. The van der Waals surface area contributed by atoms with Crippen molar-refractivity contribution < 1.29 is 13.7 Å². The first-order chi connectivity index (χ1) is 13.7. The van der Waals surface area contributed by atoms with E-state index in [1.165, 1.54) is 6.33 Å². The van der Waals surface area contributed by atoms with E-state index in [-0.39, 0.29) is 0 Å². The molecule has 1 N–H and O–H groups in total. The minimum absolute atomic E-state index is 0.343. The van der Waals surface area contributed by atoms with Crippen molar-refractivity contribution in [3.05, 3.63) is 48.6 Å². The predicted molar refractivity (Wildman–Crippen MR) is 94.1 cm³/mol. The van der Waals surface area contributed by atoms with Crippen LogP contribution in [0.15, 0.2) is 45.9 Å². The van der Waals surface area contributed by atoms with E-state index in [0.717, 1.165) is 0 Å². The van der Waals surface area contributed by atoms with Crippen LogP contribution in [0.4, 0.5) is 0 Å². The van der Waals surface area contributed by atoms with Gasteiger partial charge in [-0.05, 0) is 26.0 Å². The van der Waals surface area contributed by atoms with Gasteiger partial charge in [-0.25, -0.2) is 9.50 Å². The average molecular weight is 378 g/mol. The lowest BCUT2D eigenvalue weighted by molar-refractivity contribution is 0.207. The fourth-order valence-electron chi connectivity index (χ4n) is 2.87. The molecule has 1 unspecified atom stereocenters. The molecule has 5 aromatic heterocycles. The molecule has 0 aliphatic carbocycles. The zero-order valence-electron chi connectivity index (χ0n) is 14.9. The number of hydrogen-bond donors (Lipinski definition) is 1. The second-order valence-corrected chi connectivity index (χ2v) is 6.08. The van der Waals surface area contributed by atoms with E-state index in [9.17, 15) is 0 Å². The van der Waals surface area contributed by atoms with Gasteiger partial charge in [-0.2, -0.15) is 10.2 Å². The van der Waals surface area contributed by atoms with E-state index in [1.807, 2.05) is 13.0 Å². The van der Waals surface area contributed by atoms with Crippen LogP contribution in [-0.2, 0) is 0 Å². The minimum Gasteiger partial charge on any atom is -0.465 e. The molecule has 0 aliphatic rings. The number of rotatable bonds is 5. The Morgan fingerprint density at radius 3 is 2.96 bits per heavy atom. The van der Waals surface area contributed by atoms with Crippen molar-refractivity contribution in [2.45, 2.75) is 20.0 Å². The monoisotopic (exact) mass is 378 g/mol. The number of aromatic nitrogens is 8. The topological polar surface area (TPSA) is 133 Å². The van der Waals surface area contributed by atoms with Gasteiger partial charge < -0.3 is 13.7 Å². The van der Waals surface area contributed by atoms with E-state index < -0.39 is 6.10 Å². The first kappa shape index (κ1) is 16.2. The van der Waals surface area contributed by atoms with E-state index in [1.54, 1.807) is 36.0 Å². The molecule has 11 nitrogen and oxygen atoms in total. The third-order valence-electron chi connectivity index (χ3n) is 4.15. The Hall–Kier alpha value is -4.02. The fraction of sp³-hybridized carbons (Fsp3) is 0.176. The Morgan fingerprint density at radius 2 is 2.25 bits per heavy atom. The standard InChI is InChI=1S/C17H14N8O3/c1-9-6-11(24-28-9)16-22-19-7-12-14(13-4-3-5-26-13)17(23-25(12)16)27-10(2)15-18-8-20-21-15/h3-8,10H,1-2H3,(H,18,20,21). The summed E-state index contributed by atoms with van der Waals surface area (Å²) >= 11 is 0. The van der Waals surface area contributed by atoms with Crippen LogP contribution in [0.5, 0.6) is 5.88 Å². The van der Waals surface area contributed by atoms with Gasteiger partial charge in [0, 0.05) is 6.07 Å². The summed E-state index contributed by atoms with van der Waals surface area (Å²) in [6.07, 6.45) is 4.18.